The van der Waals surface area contributed by atoms with Crippen LogP contribution in [-0.4, -0.2) is 70.0 Å². The lowest BCUT2D eigenvalue weighted by Gasteiger charge is -2.28. The lowest BCUT2D eigenvalue weighted by atomic mass is 10.0. The zero-order valence-electron chi connectivity index (χ0n) is 63.3. The van der Waals surface area contributed by atoms with Crippen molar-refractivity contribution >= 4 is 19.8 Å². The molecule has 0 spiro atoms. The first kappa shape index (κ1) is 91.5. The molecule has 0 amide bonds. The van der Waals surface area contributed by atoms with Crippen LogP contribution in [-0.2, 0) is 32.7 Å². The fraction of sp³-hybridized carbons (Fsp3) is 0.928. The summed E-state index contributed by atoms with van der Waals surface area (Å²) in [5, 5.41) is 0. The van der Waals surface area contributed by atoms with Crippen LogP contribution >= 0.6 is 7.82 Å². The average Bonchev–Trinajstić information content (AvgIpc) is 2.61. The monoisotopic (exact) mass is 1330 g/mol. The van der Waals surface area contributed by atoms with Gasteiger partial charge in [-0.15, -0.1) is 0 Å². The molecule has 9 nitrogen and oxygen atoms in total. The number of esters is 2. The normalized spacial score (nSPS) is 13.1. The molecular weight excluding hydrogens is 1170 g/mol. The number of hydrogen-bond donors (Lipinski definition) is 0. The number of phosphoric acid groups is 1. The van der Waals surface area contributed by atoms with Gasteiger partial charge in [0.1, 0.15) is 19.8 Å². The van der Waals surface area contributed by atoms with Gasteiger partial charge >= 0.3 is 11.9 Å². The SMILES string of the molecule is CCCCCCC/C=C\C/C=C\CCCCCCCCCCCCCCCCCCCC(=O)OC(COC(=O)CCCCCCCCCCCCCCCCCCCCCCCCCCCCCCCCCCCCCCCCCC)COP(=O)([O-])OCC[N+](C)(C)C. The lowest BCUT2D eigenvalue weighted by Crippen LogP contribution is -2.37. The third-order valence-corrected chi connectivity index (χ3v) is 20.2. The van der Waals surface area contributed by atoms with Crippen molar-refractivity contribution < 1.29 is 42.1 Å². The molecule has 0 aromatic rings. The summed E-state index contributed by atoms with van der Waals surface area (Å²) in [5.41, 5.74) is 0. The number of likely N-dealkylation sites (N-methyl/N-ethyl adjacent to an activating group) is 1. The number of carbonyl (C=O) groups excluding carboxylic acids is 2. The van der Waals surface area contributed by atoms with E-state index in [0.29, 0.717) is 17.4 Å². The van der Waals surface area contributed by atoms with Crippen LogP contribution in [0.1, 0.15) is 444 Å². The minimum Gasteiger partial charge on any atom is -0.756 e. The largest absolute Gasteiger partial charge is 0.756 e. The maximum Gasteiger partial charge on any atom is 0.306 e. The Labute approximate surface area is 580 Å². The number of allylic oxidation sites excluding steroid dienone is 4. The van der Waals surface area contributed by atoms with Gasteiger partial charge in [0.25, 0.3) is 7.82 Å². The molecule has 2 atom stereocenters. The molecule has 0 fully saturated rings. The van der Waals surface area contributed by atoms with E-state index in [2.05, 4.69) is 38.2 Å². The van der Waals surface area contributed by atoms with E-state index in [0.717, 1.165) is 38.5 Å². The molecular formula is C83H162NO8P. The molecule has 0 aliphatic rings. The van der Waals surface area contributed by atoms with Gasteiger partial charge in [-0.1, -0.05) is 411 Å². The van der Waals surface area contributed by atoms with Gasteiger partial charge in [-0.25, -0.2) is 0 Å². The van der Waals surface area contributed by atoms with Crippen molar-refractivity contribution in [1.29, 1.82) is 0 Å². The van der Waals surface area contributed by atoms with Crippen LogP contribution in [0.4, 0.5) is 0 Å². The molecule has 0 saturated carbocycles. The average molecular weight is 1330 g/mol. The highest BCUT2D eigenvalue weighted by Gasteiger charge is 2.22. The number of quaternary nitrogens is 1. The van der Waals surface area contributed by atoms with Gasteiger partial charge in [-0.3, -0.25) is 14.2 Å². The van der Waals surface area contributed by atoms with Crippen molar-refractivity contribution in [3.05, 3.63) is 24.3 Å². The van der Waals surface area contributed by atoms with Crippen molar-refractivity contribution in [3.63, 3.8) is 0 Å². The topological polar surface area (TPSA) is 111 Å². The Morgan fingerprint density at radius 3 is 0.849 bits per heavy atom. The fourth-order valence-corrected chi connectivity index (χ4v) is 13.6. The molecule has 10 heteroatoms. The highest BCUT2D eigenvalue weighted by atomic mass is 31.2. The number of hydrogen-bond acceptors (Lipinski definition) is 8. The first-order valence-corrected chi connectivity index (χ1v) is 43.0. The van der Waals surface area contributed by atoms with Gasteiger partial charge < -0.3 is 27.9 Å². The van der Waals surface area contributed by atoms with Gasteiger partial charge in [0.05, 0.1) is 27.7 Å². The molecule has 0 heterocycles. The van der Waals surface area contributed by atoms with Crippen LogP contribution in [0.2, 0.25) is 0 Å². The van der Waals surface area contributed by atoms with Crippen molar-refractivity contribution in [2.75, 3.05) is 47.5 Å². The summed E-state index contributed by atoms with van der Waals surface area (Å²) in [6.45, 7) is 4.32. The van der Waals surface area contributed by atoms with E-state index in [1.807, 2.05) is 21.1 Å². The maximum absolute atomic E-state index is 12.9. The van der Waals surface area contributed by atoms with E-state index < -0.39 is 26.5 Å². The summed E-state index contributed by atoms with van der Waals surface area (Å²) < 4.78 is 34.4. The number of carbonyl (C=O) groups is 2. The summed E-state index contributed by atoms with van der Waals surface area (Å²) >= 11 is 0. The minimum absolute atomic E-state index is 0.0269. The molecule has 93 heavy (non-hydrogen) atoms. The molecule has 0 aromatic heterocycles. The van der Waals surface area contributed by atoms with E-state index in [-0.39, 0.29) is 32.0 Å². The molecule has 0 bridgehead atoms. The molecule has 0 saturated heterocycles. The van der Waals surface area contributed by atoms with Crippen LogP contribution in [0.5, 0.6) is 0 Å². The van der Waals surface area contributed by atoms with Gasteiger partial charge in [0.2, 0.25) is 0 Å². The Hall–Kier alpha value is -1.51. The van der Waals surface area contributed by atoms with E-state index in [1.54, 1.807) is 0 Å². The van der Waals surface area contributed by atoms with E-state index in [9.17, 15) is 19.0 Å². The Morgan fingerprint density at radius 1 is 0.333 bits per heavy atom. The third-order valence-electron chi connectivity index (χ3n) is 19.2. The van der Waals surface area contributed by atoms with Crippen LogP contribution in [0.3, 0.4) is 0 Å². The summed E-state index contributed by atoms with van der Waals surface area (Å²) in [7, 11) is 1.19. The maximum atomic E-state index is 12.9. The summed E-state index contributed by atoms with van der Waals surface area (Å²) in [4.78, 5) is 38.2. The molecule has 0 aliphatic carbocycles. The van der Waals surface area contributed by atoms with Crippen LogP contribution in [0.15, 0.2) is 24.3 Å². The fourth-order valence-electron chi connectivity index (χ4n) is 12.9. The third kappa shape index (κ3) is 79.4. The number of phosphoric ester groups is 1. The minimum atomic E-state index is -4.64. The molecule has 0 aliphatic heterocycles. The van der Waals surface area contributed by atoms with Gasteiger partial charge in [0, 0.05) is 12.8 Å². The van der Waals surface area contributed by atoms with Gasteiger partial charge in [-0.2, -0.15) is 0 Å². The highest BCUT2D eigenvalue weighted by molar-refractivity contribution is 7.45. The van der Waals surface area contributed by atoms with Gasteiger partial charge in [0.15, 0.2) is 6.10 Å². The van der Waals surface area contributed by atoms with E-state index in [4.69, 9.17) is 18.5 Å². The van der Waals surface area contributed by atoms with Gasteiger partial charge in [-0.05, 0) is 44.9 Å². The van der Waals surface area contributed by atoms with Crippen LogP contribution < -0.4 is 4.89 Å². The molecule has 2 unspecified atom stereocenters. The predicted molar refractivity (Wildman–Crippen MR) is 402 cm³/mol. The second kappa shape index (κ2) is 74.7. The summed E-state index contributed by atoms with van der Waals surface area (Å²) in [5.74, 6) is -0.806. The zero-order valence-corrected chi connectivity index (χ0v) is 64.1. The molecule has 0 aromatic carbocycles. The summed E-state index contributed by atoms with van der Waals surface area (Å²) in [6.07, 6.45) is 96.1. The van der Waals surface area contributed by atoms with Crippen molar-refractivity contribution in [1.82, 2.24) is 0 Å². The highest BCUT2D eigenvalue weighted by Crippen LogP contribution is 2.38. The molecule has 0 rings (SSSR count). The van der Waals surface area contributed by atoms with Crippen molar-refractivity contribution in [3.8, 4) is 0 Å². The lowest BCUT2D eigenvalue weighted by molar-refractivity contribution is -0.870. The van der Waals surface area contributed by atoms with Crippen molar-refractivity contribution in [2.24, 2.45) is 0 Å². The van der Waals surface area contributed by atoms with Crippen molar-refractivity contribution in [2.45, 2.75) is 450 Å². The number of unbranched alkanes of at least 4 members (excludes halogenated alkanes) is 61. The predicted octanol–water partition coefficient (Wildman–Crippen LogP) is 26.9. The Bertz CT molecular complexity index is 1610. The smallest absolute Gasteiger partial charge is 0.306 e. The first-order valence-electron chi connectivity index (χ1n) is 41.5. The number of rotatable bonds is 79. The molecule has 0 radical (unpaired) electrons. The number of ether oxygens (including phenoxy) is 2. The second-order valence-electron chi connectivity index (χ2n) is 29.9. The second-order valence-corrected chi connectivity index (χ2v) is 31.3. The van der Waals surface area contributed by atoms with E-state index in [1.165, 1.54) is 372 Å². The Morgan fingerprint density at radius 2 is 0.581 bits per heavy atom. The van der Waals surface area contributed by atoms with Crippen LogP contribution in [0, 0.1) is 0 Å². The number of nitrogens with zero attached hydrogens (tertiary/aromatic N) is 1. The first-order chi connectivity index (χ1) is 45.5. The Balaban J connectivity index is 3.85. The summed E-state index contributed by atoms with van der Waals surface area (Å²) in [6, 6.07) is 0. The van der Waals surface area contributed by atoms with E-state index >= 15 is 0 Å². The quantitative estimate of drug-likeness (QED) is 0.0195. The standard InChI is InChI=1S/C83H162NO8P/c1-6-8-10-12-14-16-18-20-22-24-26-28-30-32-34-36-37-38-39-40-41-42-43-44-45-46-48-49-51-53-55-57-59-61-63-65-67-69-71-73-75-82(85)89-79-81(80-91-93(87,88)90-78-77-84(3,4)5)92-83(86)76-74-72-70-68-66-64-62-60-58-56-54-52-50-47-35-33-31-29-27-25-23-21-19-17-15-13-11-9-7-2/h19,21,25,27,81H,6-18,20,22-24,26,28-80H2,1-5H3/b21-19-,27-25-. The van der Waals surface area contributed by atoms with Crippen LogP contribution in [0.25, 0.3) is 0 Å². The zero-order chi connectivity index (χ0) is 67.6. The Kier molecular flexibility index (Phi) is 73.5. The molecule has 0 N–H and O–H groups in total. The molecule has 552 valence electrons.